The van der Waals surface area contributed by atoms with Crippen LogP contribution >= 0.6 is 0 Å². The molecule has 0 fully saturated rings. The maximum atomic E-state index is 9.50. The Morgan fingerprint density at radius 3 is 2.19 bits per heavy atom. The van der Waals surface area contributed by atoms with Crippen molar-refractivity contribution >= 4 is 23.1 Å². The zero-order chi connectivity index (χ0) is 15.5. The van der Waals surface area contributed by atoms with Crippen molar-refractivity contribution in [3.63, 3.8) is 0 Å². The van der Waals surface area contributed by atoms with Crippen molar-refractivity contribution in [1.82, 2.24) is 10.2 Å². The summed E-state index contributed by atoms with van der Waals surface area (Å²) in [5.74, 6) is 0. The molecular weight excluding hydrogens is 263 g/mol. The number of nitrogens with one attached hydrogen (secondary N) is 1. The first kappa shape index (κ1) is 16.6. The maximum absolute atomic E-state index is 9.50. The summed E-state index contributed by atoms with van der Waals surface area (Å²) in [5.41, 5.74) is 3.23. The molecule has 1 aromatic heterocycles. The minimum absolute atomic E-state index is 0.500. The lowest BCUT2D eigenvalue weighted by molar-refractivity contribution is 0.636. The first-order valence-corrected chi connectivity index (χ1v) is 6.97. The van der Waals surface area contributed by atoms with Crippen LogP contribution in [0.2, 0.25) is 0 Å². The predicted molar refractivity (Wildman–Crippen MR) is 89.8 cm³/mol. The number of alkyl halides is 1. The van der Waals surface area contributed by atoms with Crippen LogP contribution in [0.4, 0.5) is 4.39 Å². The van der Waals surface area contributed by atoms with Gasteiger partial charge < -0.3 is 0 Å². The van der Waals surface area contributed by atoms with E-state index in [-0.39, 0.29) is 0 Å². The number of hydrogen-bond donors (Lipinski definition) is 1. The van der Waals surface area contributed by atoms with Gasteiger partial charge in [0.15, 0.2) is 0 Å². The molecule has 0 unspecified atom stereocenters. The van der Waals surface area contributed by atoms with Gasteiger partial charge in [-0.25, -0.2) is 0 Å². The Morgan fingerprint density at radius 1 is 0.857 bits per heavy atom. The van der Waals surface area contributed by atoms with Crippen molar-refractivity contribution in [2.24, 2.45) is 0 Å². The Balaban J connectivity index is 0.000000510. The lowest BCUT2D eigenvalue weighted by Crippen LogP contribution is -1.73. The van der Waals surface area contributed by atoms with Crippen molar-refractivity contribution in [2.45, 2.75) is 13.8 Å². The van der Waals surface area contributed by atoms with Crippen molar-refractivity contribution < 1.29 is 4.39 Å². The van der Waals surface area contributed by atoms with Crippen LogP contribution in [0.5, 0.6) is 0 Å². The first-order chi connectivity index (χ1) is 10.4. The molecule has 2 nitrogen and oxygen atoms in total. The molecule has 1 N–H and O–H groups in total. The highest BCUT2D eigenvalue weighted by Crippen LogP contribution is 2.17. The molecule has 0 amide bonds. The second kappa shape index (κ2) is 9.48. The number of nitrogens with zero attached hydrogens (tertiary/aromatic N) is 1. The second-order valence-electron chi connectivity index (χ2n) is 3.90. The zero-order valence-corrected chi connectivity index (χ0v) is 12.7. The summed E-state index contributed by atoms with van der Waals surface area (Å²) < 4.78 is 9.50. The summed E-state index contributed by atoms with van der Waals surface area (Å²) in [5, 5.41) is 8.47. The summed E-state index contributed by atoms with van der Waals surface area (Å²) in [6.07, 6.45) is 4.11. The van der Waals surface area contributed by atoms with Crippen molar-refractivity contribution in [3.8, 4) is 0 Å². The van der Waals surface area contributed by atoms with Gasteiger partial charge in [0.25, 0.3) is 0 Å². The highest BCUT2D eigenvalue weighted by atomic mass is 19.1. The third-order valence-electron chi connectivity index (χ3n) is 2.73. The average molecular weight is 284 g/mol. The largest absolute Gasteiger partial charge is 0.277 e. The zero-order valence-electron chi connectivity index (χ0n) is 12.7. The number of hydrogen-bond acceptors (Lipinski definition) is 1. The van der Waals surface area contributed by atoms with Crippen LogP contribution in [0.1, 0.15) is 25.1 Å². The van der Waals surface area contributed by atoms with Gasteiger partial charge in [-0.15, -0.1) is 0 Å². The Morgan fingerprint density at radius 2 is 1.48 bits per heavy atom. The molecule has 110 valence electrons. The number of fused-ring (bicyclic) bond motifs is 1. The van der Waals surface area contributed by atoms with E-state index in [2.05, 4.69) is 34.5 Å². The third-order valence-corrected chi connectivity index (χ3v) is 2.73. The molecule has 0 aliphatic rings. The predicted octanol–water partition coefficient (Wildman–Crippen LogP) is 5.35. The number of rotatable bonds is 2. The van der Waals surface area contributed by atoms with Gasteiger partial charge >= 0.3 is 0 Å². The van der Waals surface area contributed by atoms with E-state index >= 15 is 0 Å². The summed E-state index contributed by atoms with van der Waals surface area (Å²) >= 11 is 0. The van der Waals surface area contributed by atoms with Gasteiger partial charge in [0.1, 0.15) is 0 Å². The molecule has 3 aromatic rings. The molecule has 0 saturated carbocycles. The van der Waals surface area contributed by atoms with Crippen LogP contribution in [0.15, 0.2) is 54.6 Å². The van der Waals surface area contributed by atoms with Crippen molar-refractivity contribution in [3.05, 3.63) is 65.9 Å². The molecular formula is C18H21FN2. The minimum atomic E-state index is 0.500. The molecule has 3 heteroatoms. The van der Waals surface area contributed by atoms with E-state index in [0.29, 0.717) is 7.18 Å². The van der Waals surface area contributed by atoms with Crippen LogP contribution in [-0.2, 0) is 0 Å². The molecule has 1 heterocycles. The number of H-pyrrole nitrogens is 1. The number of halogens is 1. The maximum Gasteiger partial charge on any atom is 0.0927 e. The molecule has 21 heavy (non-hydrogen) atoms. The van der Waals surface area contributed by atoms with E-state index in [1.807, 2.05) is 56.3 Å². The molecule has 0 radical (unpaired) electrons. The third kappa shape index (κ3) is 4.56. The number of aromatic nitrogens is 2. The van der Waals surface area contributed by atoms with Gasteiger partial charge in [-0.05, 0) is 17.7 Å². The fraction of sp³-hybridized carbons (Fsp3) is 0.167. The summed E-state index contributed by atoms with van der Waals surface area (Å²) in [7, 11) is 0.500. The van der Waals surface area contributed by atoms with Gasteiger partial charge in [0, 0.05) is 5.39 Å². The molecule has 0 aliphatic heterocycles. The fourth-order valence-corrected chi connectivity index (χ4v) is 1.85. The lowest BCUT2D eigenvalue weighted by atomic mass is 10.1. The van der Waals surface area contributed by atoms with E-state index < -0.39 is 0 Å². The van der Waals surface area contributed by atoms with Crippen LogP contribution in [0, 0.1) is 0 Å². The van der Waals surface area contributed by atoms with Gasteiger partial charge in [-0.1, -0.05) is 68.5 Å². The number of para-hydroxylation sites is 1. The van der Waals surface area contributed by atoms with Gasteiger partial charge in [0.2, 0.25) is 0 Å². The van der Waals surface area contributed by atoms with Gasteiger partial charge in [-0.2, -0.15) is 5.10 Å². The standard InChI is InChI=1S/C15H12N2.C2H6.CH3F/c1-2-6-12(7-3-1)10-11-15-13-8-4-5-9-14(13)16-17-15;2*1-2/h1-11H,(H,16,17);1-2H3;1H3/b11-10+;;. The Hall–Kier alpha value is -2.42. The van der Waals surface area contributed by atoms with Crippen molar-refractivity contribution in [1.29, 1.82) is 0 Å². The SMILES string of the molecule is C(=C\c1n[nH]c2ccccc12)/c1ccccc1.CC.CF. The van der Waals surface area contributed by atoms with Crippen LogP contribution in [0.3, 0.4) is 0 Å². The molecule has 0 bridgehead atoms. The minimum Gasteiger partial charge on any atom is -0.277 e. The Labute approximate surface area is 125 Å². The van der Waals surface area contributed by atoms with E-state index in [1.54, 1.807) is 0 Å². The summed E-state index contributed by atoms with van der Waals surface area (Å²) in [6, 6.07) is 18.4. The molecule has 0 spiro atoms. The van der Waals surface area contributed by atoms with Gasteiger partial charge in [-0.3, -0.25) is 9.49 Å². The molecule has 0 atom stereocenters. The first-order valence-electron chi connectivity index (χ1n) is 6.97. The van der Waals surface area contributed by atoms with E-state index in [4.69, 9.17) is 0 Å². The Bertz CT molecular complexity index is 657. The van der Waals surface area contributed by atoms with Crippen molar-refractivity contribution in [2.75, 3.05) is 7.18 Å². The Kier molecular flexibility index (Phi) is 7.51. The quantitative estimate of drug-likeness (QED) is 0.675. The summed E-state index contributed by atoms with van der Waals surface area (Å²) in [6.45, 7) is 4.00. The van der Waals surface area contributed by atoms with E-state index in [9.17, 15) is 4.39 Å². The molecule has 0 saturated heterocycles. The normalized spacial score (nSPS) is 9.71. The molecule has 0 aliphatic carbocycles. The van der Waals surface area contributed by atoms with Crippen LogP contribution in [-0.4, -0.2) is 17.4 Å². The highest BCUT2D eigenvalue weighted by molar-refractivity contribution is 5.89. The van der Waals surface area contributed by atoms with Crippen LogP contribution < -0.4 is 0 Å². The van der Waals surface area contributed by atoms with E-state index in [1.165, 1.54) is 5.56 Å². The molecule has 2 aromatic carbocycles. The number of benzene rings is 2. The number of aromatic amines is 1. The highest BCUT2D eigenvalue weighted by Gasteiger charge is 2.00. The monoisotopic (exact) mass is 284 g/mol. The second-order valence-corrected chi connectivity index (χ2v) is 3.90. The lowest BCUT2D eigenvalue weighted by Gasteiger charge is -1.91. The summed E-state index contributed by atoms with van der Waals surface area (Å²) in [4.78, 5) is 0. The average Bonchev–Trinajstić information content (AvgIpc) is 3.01. The van der Waals surface area contributed by atoms with Crippen LogP contribution in [0.25, 0.3) is 23.1 Å². The van der Waals surface area contributed by atoms with E-state index in [0.717, 1.165) is 16.6 Å². The smallest absolute Gasteiger partial charge is 0.0927 e. The fourth-order valence-electron chi connectivity index (χ4n) is 1.85. The topological polar surface area (TPSA) is 28.7 Å². The molecule has 3 rings (SSSR count). The van der Waals surface area contributed by atoms with Gasteiger partial charge in [0.05, 0.1) is 18.4 Å².